The summed E-state index contributed by atoms with van der Waals surface area (Å²) >= 11 is 6.09. The summed E-state index contributed by atoms with van der Waals surface area (Å²) in [6.45, 7) is 0.949. The van der Waals surface area contributed by atoms with E-state index in [1.807, 2.05) is 6.07 Å². The molecule has 2 heterocycles. The number of nitrogens with one attached hydrogen (secondary N) is 1. The van der Waals surface area contributed by atoms with Crippen molar-refractivity contribution in [2.45, 2.75) is 18.9 Å². The van der Waals surface area contributed by atoms with Crippen LogP contribution in [0.25, 0.3) is 10.9 Å². The van der Waals surface area contributed by atoms with Crippen LogP contribution in [0.3, 0.4) is 0 Å². The number of nitrogens with zero attached hydrogens (tertiary/aromatic N) is 3. The second-order valence-electron chi connectivity index (χ2n) is 5.90. The molecule has 3 rings (SSSR count). The number of sulfonamides is 1. The van der Waals surface area contributed by atoms with Gasteiger partial charge in [-0.15, -0.1) is 0 Å². The Morgan fingerprint density at radius 2 is 2.08 bits per heavy atom. The Morgan fingerprint density at radius 1 is 1.38 bits per heavy atom. The van der Waals surface area contributed by atoms with Crippen molar-refractivity contribution < 1.29 is 8.42 Å². The van der Waals surface area contributed by atoms with Crippen LogP contribution in [0.1, 0.15) is 18.4 Å². The lowest BCUT2D eigenvalue weighted by Crippen LogP contribution is -2.41. The fourth-order valence-electron chi connectivity index (χ4n) is 2.94. The van der Waals surface area contributed by atoms with E-state index in [-0.39, 0.29) is 6.04 Å². The molecule has 6 nitrogen and oxygen atoms in total. The van der Waals surface area contributed by atoms with Crippen molar-refractivity contribution in [3.63, 3.8) is 0 Å². The molecule has 24 heavy (non-hydrogen) atoms. The maximum absolute atomic E-state index is 11.6. The van der Waals surface area contributed by atoms with Crippen LogP contribution < -0.4 is 5.32 Å². The molecule has 2 aromatic rings. The Morgan fingerprint density at radius 3 is 2.71 bits per heavy atom. The van der Waals surface area contributed by atoms with Crippen molar-refractivity contribution in [1.82, 2.24) is 9.29 Å². The summed E-state index contributed by atoms with van der Waals surface area (Å²) in [5, 5.41) is 14.2. The average Bonchev–Trinajstić information content (AvgIpc) is 2.55. The summed E-state index contributed by atoms with van der Waals surface area (Å²) in [7, 11) is -3.15. The molecule has 1 aliphatic heterocycles. The lowest BCUT2D eigenvalue weighted by Gasteiger charge is -2.31. The van der Waals surface area contributed by atoms with E-state index in [0.717, 1.165) is 10.9 Å². The number of fused-ring (bicyclic) bond motifs is 1. The minimum Gasteiger partial charge on any atom is -0.381 e. The molecule has 0 spiro atoms. The minimum absolute atomic E-state index is 0.0969. The van der Waals surface area contributed by atoms with Crippen LogP contribution in [-0.4, -0.2) is 43.1 Å². The third-order valence-electron chi connectivity index (χ3n) is 4.22. The molecular weight excluding hydrogens is 348 g/mol. The van der Waals surface area contributed by atoms with Crippen molar-refractivity contribution in [2.24, 2.45) is 0 Å². The number of nitriles is 1. The maximum atomic E-state index is 11.6. The van der Waals surface area contributed by atoms with Gasteiger partial charge in [0.1, 0.15) is 6.07 Å². The summed E-state index contributed by atoms with van der Waals surface area (Å²) in [6.07, 6.45) is 4.14. The van der Waals surface area contributed by atoms with E-state index in [1.54, 1.807) is 18.3 Å². The number of rotatable bonds is 3. The Balaban J connectivity index is 1.88. The average molecular weight is 365 g/mol. The highest BCUT2D eigenvalue weighted by Gasteiger charge is 2.25. The zero-order valence-corrected chi connectivity index (χ0v) is 14.7. The molecule has 8 heteroatoms. The molecule has 1 aromatic carbocycles. The maximum Gasteiger partial charge on any atom is 0.211 e. The lowest BCUT2D eigenvalue weighted by molar-refractivity contribution is 0.332. The van der Waals surface area contributed by atoms with E-state index in [9.17, 15) is 13.7 Å². The molecular formula is C16H17ClN4O2S. The third-order valence-corrected chi connectivity index (χ3v) is 5.76. The predicted molar refractivity (Wildman–Crippen MR) is 94.5 cm³/mol. The SMILES string of the molecule is CS(=O)(=O)N1CCC(Nc2c(C#N)cnc3ccc(Cl)cc23)CC1. The molecule has 1 aliphatic rings. The van der Waals surface area contributed by atoms with Crippen LogP contribution in [0.2, 0.25) is 5.02 Å². The molecule has 126 valence electrons. The lowest BCUT2D eigenvalue weighted by atomic mass is 10.0. The van der Waals surface area contributed by atoms with Gasteiger partial charge in [-0.2, -0.15) is 5.26 Å². The number of hydrogen-bond acceptors (Lipinski definition) is 5. The van der Waals surface area contributed by atoms with Crippen molar-refractivity contribution in [3.8, 4) is 6.07 Å². The number of anilines is 1. The summed E-state index contributed by atoms with van der Waals surface area (Å²) in [5.41, 5.74) is 1.92. The Bertz CT molecular complexity index is 916. The summed E-state index contributed by atoms with van der Waals surface area (Å²) in [6, 6.07) is 7.62. The first-order valence-corrected chi connectivity index (χ1v) is 9.81. The summed E-state index contributed by atoms with van der Waals surface area (Å²) in [4.78, 5) is 4.28. The zero-order valence-electron chi connectivity index (χ0n) is 13.2. The van der Waals surface area contributed by atoms with E-state index < -0.39 is 10.0 Å². The standard InChI is InChI=1S/C16H17ClN4O2S/c1-24(22,23)21-6-4-13(5-7-21)20-16-11(9-18)10-19-15-3-2-12(17)8-14(15)16/h2-3,8,10,13H,4-7H2,1H3,(H,19,20). The van der Waals surface area contributed by atoms with Gasteiger partial charge in [-0.25, -0.2) is 12.7 Å². The molecule has 1 saturated heterocycles. The Hall–Kier alpha value is -1.88. The molecule has 0 amide bonds. The Kier molecular flexibility index (Phi) is 4.63. The molecule has 1 aromatic heterocycles. The van der Waals surface area contributed by atoms with Gasteiger partial charge in [-0.05, 0) is 31.0 Å². The second-order valence-corrected chi connectivity index (χ2v) is 8.32. The van der Waals surface area contributed by atoms with Crippen LogP contribution >= 0.6 is 11.6 Å². The van der Waals surface area contributed by atoms with Gasteiger partial charge in [0.25, 0.3) is 0 Å². The molecule has 1 fully saturated rings. The van der Waals surface area contributed by atoms with Crippen molar-refractivity contribution in [1.29, 1.82) is 5.26 Å². The summed E-state index contributed by atoms with van der Waals surface area (Å²) in [5.74, 6) is 0. The smallest absolute Gasteiger partial charge is 0.211 e. The van der Waals surface area contributed by atoms with Crippen molar-refractivity contribution >= 4 is 38.2 Å². The summed E-state index contributed by atoms with van der Waals surface area (Å²) < 4.78 is 24.7. The quantitative estimate of drug-likeness (QED) is 0.904. The number of benzene rings is 1. The number of halogens is 1. The topological polar surface area (TPSA) is 86.1 Å². The van der Waals surface area contributed by atoms with Crippen LogP contribution in [0.15, 0.2) is 24.4 Å². The predicted octanol–water partition coefficient (Wildman–Crippen LogP) is 2.60. The molecule has 0 atom stereocenters. The molecule has 0 aliphatic carbocycles. The highest BCUT2D eigenvalue weighted by Crippen LogP contribution is 2.30. The normalized spacial score (nSPS) is 16.9. The number of pyridine rings is 1. The molecule has 0 unspecified atom stereocenters. The van der Waals surface area contributed by atoms with Crippen LogP contribution in [-0.2, 0) is 10.0 Å². The number of aromatic nitrogens is 1. The molecule has 1 N–H and O–H groups in total. The fraction of sp³-hybridized carbons (Fsp3) is 0.375. The first kappa shape index (κ1) is 17.0. The van der Waals surface area contributed by atoms with Gasteiger partial charge in [0, 0.05) is 35.7 Å². The van der Waals surface area contributed by atoms with E-state index in [4.69, 9.17) is 11.6 Å². The first-order chi connectivity index (χ1) is 11.4. The Labute approximate surface area is 146 Å². The van der Waals surface area contributed by atoms with Gasteiger partial charge >= 0.3 is 0 Å². The van der Waals surface area contributed by atoms with Gasteiger partial charge in [0.05, 0.1) is 23.0 Å². The number of hydrogen-bond donors (Lipinski definition) is 1. The van der Waals surface area contributed by atoms with Crippen molar-refractivity contribution in [3.05, 3.63) is 35.0 Å². The third kappa shape index (κ3) is 3.46. The van der Waals surface area contributed by atoms with Gasteiger partial charge in [-0.3, -0.25) is 4.98 Å². The van der Waals surface area contributed by atoms with Gasteiger partial charge < -0.3 is 5.32 Å². The monoisotopic (exact) mass is 364 g/mol. The molecule has 0 bridgehead atoms. The minimum atomic E-state index is -3.15. The molecule has 0 radical (unpaired) electrons. The van der Waals surface area contributed by atoms with E-state index >= 15 is 0 Å². The van der Waals surface area contributed by atoms with E-state index in [2.05, 4.69) is 16.4 Å². The van der Waals surface area contributed by atoms with Crippen LogP contribution in [0.4, 0.5) is 5.69 Å². The van der Waals surface area contributed by atoms with Crippen molar-refractivity contribution in [2.75, 3.05) is 24.7 Å². The first-order valence-electron chi connectivity index (χ1n) is 7.58. The highest BCUT2D eigenvalue weighted by atomic mass is 35.5. The number of piperidine rings is 1. The van der Waals surface area contributed by atoms with Gasteiger partial charge in [-0.1, -0.05) is 11.6 Å². The van der Waals surface area contributed by atoms with Crippen LogP contribution in [0.5, 0.6) is 0 Å². The van der Waals surface area contributed by atoms with Gasteiger partial charge in [0.2, 0.25) is 10.0 Å². The van der Waals surface area contributed by atoms with Gasteiger partial charge in [0.15, 0.2) is 0 Å². The highest BCUT2D eigenvalue weighted by molar-refractivity contribution is 7.88. The molecule has 0 saturated carbocycles. The fourth-order valence-corrected chi connectivity index (χ4v) is 3.99. The van der Waals surface area contributed by atoms with Crippen LogP contribution in [0, 0.1) is 11.3 Å². The zero-order chi connectivity index (χ0) is 17.3. The van der Waals surface area contributed by atoms with E-state index in [1.165, 1.54) is 10.6 Å². The largest absolute Gasteiger partial charge is 0.381 e. The van der Waals surface area contributed by atoms with E-state index in [0.29, 0.717) is 42.2 Å². The second kappa shape index (κ2) is 6.55.